The third-order valence-corrected chi connectivity index (χ3v) is 3.76. The van der Waals surface area contributed by atoms with E-state index in [2.05, 4.69) is 15.2 Å². The lowest BCUT2D eigenvalue weighted by Gasteiger charge is -2.04. The Hall–Kier alpha value is -2.37. The van der Waals surface area contributed by atoms with Crippen LogP contribution in [-0.2, 0) is 11.4 Å². The van der Waals surface area contributed by atoms with Crippen LogP contribution in [0.25, 0.3) is 5.82 Å². The van der Waals surface area contributed by atoms with Gasteiger partial charge in [-0.05, 0) is 30.3 Å². The van der Waals surface area contributed by atoms with Crippen LogP contribution >= 0.6 is 23.2 Å². The second-order valence-electron chi connectivity index (χ2n) is 4.61. The standard InChI is InChI=1S/C16H12Cl2N4O/c17-14-3-1-4-15(18)13(14)11-23-21-10-12-5-6-16(19-9-12)22-8-2-7-20-22/h1-10H,11H2/b21-10-. The first-order chi connectivity index (χ1) is 11.2. The van der Waals surface area contributed by atoms with Crippen LogP contribution in [0.15, 0.2) is 60.1 Å². The molecular weight excluding hydrogens is 335 g/mol. The number of oxime groups is 1. The smallest absolute Gasteiger partial charge is 0.153 e. The molecule has 0 radical (unpaired) electrons. The first-order valence-electron chi connectivity index (χ1n) is 6.78. The molecule has 2 aromatic heterocycles. The van der Waals surface area contributed by atoms with Crippen LogP contribution in [-0.4, -0.2) is 21.0 Å². The summed E-state index contributed by atoms with van der Waals surface area (Å²) in [6.07, 6.45) is 6.79. The fourth-order valence-corrected chi connectivity index (χ4v) is 2.39. The highest BCUT2D eigenvalue weighted by atomic mass is 35.5. The highest BCUT2D eigenvalue weighted by Gasteiger charge is 2.05. The van der Waals surface area contributed by atoms with Gasteiger partial charge in [0.05, 0.1) is 6.21 Å². The molecule has 0 aliphatic carbocycles. The number of nitrogens with zero attached hydrogens (tertiary/aromatic N) is 4. The average molecular weight is 347 g/mol. The molecule has 116 valence electrons. The molecule has 3 aromatic rings. The lowest BCUT2D eigenvalue weighted by Crippen LogP contribution is -1.98. The Kier molecular flexibility index (Phi) is 4.90. The van der Waals surface area contributed by atoms with E-state index >= 15 is 0 Å². The molecular formula is C16H12Cl2N4O. The maximum Gasteiger partial charge on any atom is 0.153 e. The van der Waals surface area contributed by atoms with Gasteiger partial charge < -0.3 is 4.84 Å². The van der Waals surface area contributed by atoms with Gasteiger partial charge in [0, 0.05) is 39.8 Å². The highest BCUT2D eigenvalue weighted by Crippen LogP contribution is 2.24. The molecule has 0 bridgehead atoms. The molecule has 0 atom stereocenters. The molecule has 0 N–H and O–H groups in total. The zero-order chi connectivity index (χ0) is 16.1. The third kappa shape index (κ3) is 3.88. The molecule has 2 heterocycles. The van der Waals surface area contributed by atoms with Crippen LogP contribution in [0.5, 0.6) is 0 Å². The summed E-state index contributed by atoms with van der Waals surface area (Å²) in [5.41, 5.74) is 1.52. The normalized spacial score (nSPS) is 11.0. The minimum atomic E-state index is 0.202. The molecule has 0 saturated heterocycles. The zero-order valence-electron chi connectivity index (χ0n) is 11.9. The molecule has 0 saturated carbocycles. The van der Waals surface area contributed by atoms with Crippen molar-refractivity contribution >= 4 is 29.4 Å². The Bertz CT molecular complexity index is 781. The van der Waals surface area contributed by atoms with Gasteiger partial charge in [-0.15, -0.1) is 0 Å². The molecule has 7 heteroatoms. The summed E-state index contributed by atoms with van der Waals surface area (Å²) in [5.74, 6) is 0.732. The van der Waals surface area contributed by atoms with Crippen molar-refractivity contribution in [2.24, 2.45) is 5.16 Å². The van der Waals surface area contributed by atoms with Gasteiger partial charge in [0.2, 0.25) is 0 Å². The van der Waals surface area contributed by atoms with Crippen molar-refractivity contribution in [1.82, 2.24) is 14.8 Å². The molecule has 0 fully saturated rings. The van der Waals surface area contributed by atoms with E-state index in [1.165, 1.54) is 0 Å². The summed E-state index contributed by atoms with van der Waals surface area (Å²) < 4.78 is 1.68. The molecule has 0 spiro atoms. The molecule has 0 amide bonds. The summed E-state index contributed by atoms with van der Waals surface area (Å²) in [7, 11) is 0. The summed E-state index contributed by atoms with van der Waals surface area (Å²) >= 11 is 12.1. The Morgan fingerprint density at radius 3 is 2.61 bits per heavy atom. The van der Waals surface area contributed by atoms with Gasteiger partial charge >= 0.3 is 0 Å². The van der Waals surface area contributed by atoms with Gasteiger partial charge in [0.1, 0.15) is 6.61 Å². The van der Waals surface area contributed by atoms with Crippen LogP contribution in [0, 0.1) is 0 Å². The topological polar surface area (TPSA) is 52.3 Å². The maximum atomic E-state index is 6.06. The summed E-state index contributed by atoms with van der Waals surface area (Å²) in [6.45, 7) is 0.202. The Balaban J connectivity index is 1.60. The Morgan fingerprint density at radius 1 is 1.13 bits per heavy atom. The molecule has 0 aliphatic rings. The summed E-state index contributed by atoms with van der Waals surface area (Å²) in [4.78, 5) is 9.54. The lowest BCUT2D eigenvalue weighted by atomic mass is 10.2. The van der Waals surface area contributed by atoms with Crippen LogP contribution < -0.4 is 0 Å². The van der Waals surface area contributed by atoms with Crippen molar-refractivity contribution in [1.29, 1.82) is 0 Å². The maximum absolute atomic E-state index is 6.06. The Labute approximate surface area is 143 Å². The number of hydrogen-bond donors (Lipinski definition) is 0. The van der Waals surface area contributed by atoms with E-state index in [-0.39, 0.29) is 6.61 Å². The van der Waals surface area contributed by atoms with Crippen molar-refractivity contribution in [3.63, 3.8) is 0 Å². The molecule has 5 nitrogen and oxygen atoms in total. The monoisotopic (exact) mass is 346 g/mol. The number of hydrogen-bond acceptors (Lipinski definition) is 4. The molecule has 3 rings (SSSR count). The van der Waals surface area contributed by atoms with Gasteiger partial charge in [-0.25, -0.2) is 9.67 Å². The zero-order valence-corrected chi connectivity index (χ0v) is 13.4. The van der Waals surface area contributed by atoms with Crippen molar-refractivity contribution < 1.29 is 4.84 Å². The summed E-state index contributed by atoms with van der Waals surface area (Å²) in [6, 6.07) is 10.9. The van der Waals surface area contributed by atoms with E-state index in [9.17, 15) is 0 Å². The van der Waals surface area contributed by atoms with Crippen LogP contribution in [0.2, 0.25) is 10.0 Å². The average Bonchev–Trinajstić information content (AvgIpc) is 3.09. The van der Waals surface area contributed by atoms with E-state index in [0.717, 1.165) is 11.4 Å². The van der Waals surface area contributed by atoms with E-state index in [0.29, 0.717) is 15.6 Å². The number of halogens is 2. The van der Waals surface area contributed by atoms with Crippen molar-refractivity contribution in [2.75, 3.05) is 0 Å². The van der Waals surface area contributed by atoms with Gasteiger partial charge in [-0.3, -0.25) is 0 Å². The fourth-order valence-electron chi connectivity index (χ4n) is 1.88. The van der Waals surface area contributed by atoms with Crippen molar-refractivity contribution in [3.05, 3.63) is 76.2 Å². The SMILES string of the molecule is Clc1cccc(Cl)c1CO/N=C\c1ccc(-n2cccn2)nc1. The second-order valence-corrected chi connectivity index (χ2v) is 5.42. The van der Waals surface area contributed by atoms with Crippen LogP contribution in [0.4, 0.5) is 0 Å². The predicted molar refractivity (Wildman–Crippen MR) is 90.2 cm³/mol. The van der Waals surface area contributed by atoms with Gasteiger partial charge in [0.15, 0.2) is 5.82 Å². The minimum Gasteiger partial charge on any atom is -0.391 e. The van der Waals surface area contributed by atoms with Crippen molar-refractivity contribution in [2.45, 2.75) is 6.61 Å². The van der Waals surface area contributed by atoms with E-state index in [1.807, 2.05) is 24.4 Å². The molecule has 0 aliphatic heterocycles. The lowest BCUT2D eigenvalue weighted by molar-refractivity contribution is 0.132. The van der Waals surface area contributed by atoms with E-state index < -0.39 is 0 Å². The predicted octanol–water partition coefficient (Wildman–Crippen LogP) is 4.12. The first-order valence-corrected chi connectivity index (χ1v) is 7.54. The summed E-state index contributed by atoms with van der Waals surface area (Å²) in [5, 5.41) is 9.13. The molecule has 1 aromatic carbocycles. The van der Waals surface area contributed by atoms with E-state index in [4.69, 9.17) is 28.0 Å². The Morgan fingerprint density at radius 2 is 1.96 bits per heavy atom. The largest absolute Gasteiger partial charge is 0.391 e. The first kappa shape index (κ1) is 15.5. The number of benzene rings is 1. The molecule has 0 unspecified atom stereocenters. The van der Waals surface area contributed by atoms with Crippen molar-refractivity contribution in [3.8, 4) is 5.82 Å². The highest BCUT2D eigenvalue weighted by molar-refractivity contribution is 6.35. The van der Waals surface area contributed by atoms with Gasteiger partial charge in [-0.2, -0.15) is 5.10 Å². The van der Waals surface area contributed by atoms with Crippen LogP contribution in [0.1, 0.15) is 11.1 Å². The minimum absolute atomic E-state index is 0.202. The fraction of sp³-hybridized carbons (Fsp3) is 0.0625. The van der Waals surface area contributed by atoms with Crippen LogP contribution in [0.3, 0.4) is 0 Å². The number of pyridine rings is 1. The molecule has 23 heavy (non-hydrogen) atoms. The van der Waals surface area contributed by atoms with E-state index in [1.54, 1.807) is 41.5 Å². The van der Waals surface area contributed by atoms with Gasteiger partial charge in [-0.1, -0.05) is 34.4 Å². The number of aromatic nitrogens is 3. The second kappa shape index (κ2) is 7.26. The quantitative estimate of drug-likeness (QED) is 0.515. The number of rotatable bonds is 5. The van der Waals surface area contributed by atoms with Gasteiger partial charge in [0.25, 0.3) is 0 Å². The third-order valence-electron chi connectivity index (χ3n) is 3.06.